The van der Waals surface area contributed by atoms with E-state index in [0.29, 0.717) is 23.8 Å². The number of rotatable bonds is 5. The summed E-state index contributed by atoms with van der Waals surface area (Å²) in [7, 11) is 0. The smallest absolute Gasteiger partial charge is 0.186 e. The monoisotopic (exact) mass is 332 g/mol. The van der Waals surface area contributed by atoms with Crippen molar-refractivity contribution in [2.45, 2.75) is 22.8 Å². The molecule has 118 valence electrons. The number of pyridine rings is 1. The summed E-state index contributed by atoms with van der Waals surface area (Å²) < 4.78 is 24.5. The van der Waals surface area contributed by atoms with Crippen LogP contribution in [-0.2, 0) is 16.0 Å². The summed E-state index contributed by atoms with van der Waals surface area (Å²) in [5.74, 6) is -0.439. The number of azide groups is 1. The molecule has 0 amide bonds. The Kier molecular flexibility index (Phi) is 5.09. The van der Waals surface area contributed by atoms with E-state index in [4.69, 9.17) is 15.0 Å². The number of halogens is 1. The van der Waals surface area contributed by atoms with Crippen molar-refractivity contribution < 1.29 is 13.9 Å². The number of hydrogen-bond acceptors (Lipinski definition) is 5. The molecular formula is C15H13FN4O2S. The highest BCUT2D eigenvalue weighted by molar-refractivity contribution is 7.99. The van der Waals surface area contributed by atoms with Crippen LogP contribution < -0.4 is 0 Å². The van der Waals surface area contributed by atoms with Gasteiger partial charge in [0.25, 0.3) is 0 Å². The first-order valence-corrected chi connectivity index (χ1v) is 7.75. The van der Waals surface area contributed by atoms with Crippen molar-refractivity contribution in [2.75, 3.05) is 13.2 Å². The second-order valence-electron chi connectivity index (χ2n) is 4.72. The van der Waals surface area contributed by atoms with Gasteiger partial charge in [-0.3, -0.25) is 0 Å². The molecule has 0 radical (unpaired) electrons. The van der Waals surface area contributed by atoms with Crippen molar-refractivity contribution >= 4 is 11.8 Å². The molecule has 6 nitrogen and oxygen atoms in total. The Hall–Kier alpha value is -2.12. The Morgan fingerprint density at radius 3 is 2.91 bits per heavy atom. The van der Waals surface area contributed by atoms with Gasteiger partial charge in [-0.15, -0.1) is 0 Å². The summed E-state index contributed by atoms with van der Waals surface area (Å²) in [4.78, 5) is 7.83. The fourth-order valence-corrected chi connectivity index (χ4v) is 3.18. The Balaban J connectivity index is 1.92. The third kappa shape index (κ3) is 3.80. The van der Waals surface area contributed by atoms with Gasteiger partial charge < -0.3 is 9.47 Å². The molecule has 0 unspecified atom stereocenters. The van der Waals surface area contributed by atoms with Gasteiger partial charge in [-0.25, -0.2) is 9.37 Å². The first-order valence-electron chi connectivity index (χ1n) is 6.93. The first-order chi connectivity index (χ1) is 11.3. The molecule has 1 saturated heterocycles. The Bertz CT molecular complexity index is 746. The Morgan fingerprint density at radius 2 is 2.13 bits per heavy atom. The normalized spacial score (nSPS) is 14.7. The van der Waals surface area contributed by atoms with Crippen LogP contribution in [0.3, 0.4) is 0 Å². The average Bonchev–Trinajstić information content (AvgIpc) is 3.10. The fourth-order valence-electron chi connectivity index (χ4n) is 2.18. The van der Waals surface area contributed by atoms with E-state index in [0.717, 1.165) is 16.7 Å². The van der Waals surface area contributed by atoms with E-state index in [1.807, 2.05) is 24.3 Å². The van der Waals surface area contributed by atoms with Gasteiger partial charge in [-0.1, -0.05) is 35.1 Å². The summed E-state index contributed by atoms with van der Waals surface area (Å²) in [6.45, 7) is 1.18. The maximum absolute atomic E-state index is 13.5. The summed E-state index contributed by atoms with van der Waals surface area (Å²) >= 11 is 1.37. The van der Waals surface area contributed by atoms with E-state index in [1.54, 1.807) is 0 Å². The molecule has 0 N–H and O–H groups in total. The molecular weight excluding hydrogens is 319 g/mol. The summed E-state index contributed by atoms with van der Waals surface area (Å²) in [5.41, 5.74) is 9.93. The van der Waals surface area contributed by atoms with Crippen molar-refractivity contribution in [1.82, 2.24) is 4.98 Å². The SMILES string of the molecule is [N-]=[N+]=NCc1ccccc1Sc1ncc(F)cc1C1OCCO1. The number of nitrogens with zero attached hydrogens (tertiary/aromatic N) is 4. The summed E-state index contributed by atoms with van der Waals surface area (Å²) in [6, 6.07) is 8.91. The van der Waals surface area contributed by atoms with Crippen molar-refractivity contribution in [1.29, 1.82) is 0 Å². The minimum atomic E-state index is -0.606. The zero-order chi connectivity index (χ0) is 16.1. The minimum Gasteiger partial charge on any atom is -0.346 e. The second-order valence-corrected chi connectivity index (χ2v) is 5.75. The summed E-state index contributed by atoms with van der Waals surface area (Å²) in [6.07, 6.45) is 0.557. The fraction of sp³-hybridized carbons (Fsp3) is 0.267. The van der Waals surface area contributed by atoms with E-state index >= 15 is 0 Å². The van der Waals surface area contributed by atoms with Crippen LogP contribution in [0.4, 0.5) is 4.39 Å². The molecule has 1 aliphatic rings. The standard InChI is InChI=1S/C15H13FN4O2S/c16-11-7-12(15-21-5-6-22-15)14(18-9-11)23-13-4-2-1-3-10(13)8-19-20-17/h1-4,7,9,15H,5-6,8H2. The van der Waals surface area contributed by atoms with Crippen molar-refractivity contribution in [3.8, 4) is 0 Å². The molecule has 2 heterocycles. The highest BCUT2D eigenvalue weighted by Crippen LogP contribution is 2.36. The third-order valence-electron chi connectivity index (χ3n) is 3.20. The molecule has 1 aliphatic heterocycles. The van der Waals surface area contributed by atoms with Gasteiger partial charge in [-0.05, 0) is 23.2 Å². The lowest BCUT2D eigenvalue weighted by Crippen LogP contribution is -2.03. The first kappa shape index (κ1) is 15.8. The van der Waals surface area contributed by atoms with Crippen LogP contribution in [0.1, 0.15) is 17.4 Å². The number of aromatic nitrogens is 1. The van der Waals surface area contributed by atoms with Gasteiger partial charge in [0.15, 0.2) is 6.29 Å². The van der Waals surface area contributed by atoms with Crippen molar-refractivity contribution in [3.05, 3.63) is 63.9 Å². The van der Waals surface area contributed by atoms with Crippen LogP contribution in [0.25, 0.3) is 10.4 Å². The second kappa shape index (κ2) is 7.43. The Morgan fingerprint density at radius 1 is 1.35 bits per heavy atom. The van der Waals surface area contributed by atoms with E-state index < -0.39 is 12.1 Å². The lowest BCUT2D eigenvalue weighted by atomic mass is 10.2. The largest absolute Gasteiger partial charge is 0.346 e. The zero-order valence-electron chi connectivity index (χ0n) is 12.1. The van der Waals surface area contributed by atoms with Gasteiger partial charge in [-0.2, -0.15) is 0 Å². The number of ether oxygens (including phenoxy) is 2. The lowest BCUT2D eigenvalue weighted by molar-refractivity contribution is -0.0466. The predicted molar refractivity (Wildman–Crippen MR) is 82.3 cm³/mol. The highest BCUT2D eigenvalue weighted by Gasteiger charge is 2.23. The predicted octanol–water partition coefficient (Wildman–Crippen LogP) is 4.23. The van der Waals surface area contributed by atoms with Gasteiger partial charge in [0.05, 0.1) is 26.0 Å². The van der Waals surface area contributed by atoms with Crippen LogP contribution in [-0.4, -0.2) is 18.2 Å². The van der Waals surface area contributed by atoms with E-state index in [1.165, 1.54) is 17.8 Å². The molecule has 3 rings (SSSR count). The van der Waals surface area contributed by atoms with Crippen molar-refractivity contribution in [2.24, 2.45) is 5.11 Å². The van der Waals surface area contributed by atoms with E-state index in [-0.39, 0.29) is 6.54 Å². The molecule has 1 aromatic carbocycles. The molecule has 1 aromatic heterocycles. The average molecular weight is 332 g/mol. The topological polar surface area (TPSA) is 80.1 Å². The highest BCUT2D eigenvalue weighted by atomic mass is 32.2. The van der Waals surface area contributed by atoms with Gasteiger partial charge in [0.2, 0.25) is 0 Å². The number of hydrogen-bond donors (Lipinski definition) is 0. The maximum Gasteiger partial charge on any atom is 0.186 e. The van der Waals surface area contributed by atoms with Gasteiger partial charge in [0.1, 0.15) is 10.8 Å². The molecule has 8 heteroatoms. The van der Waals surface area contributed by atoms with Gasteiger partial charge in [0, 0.05) is 15.4 Å². The molecule has 0 saturated carbocycles. The van der Waals surface area contributed by atoms with Crippen LogP contribution in [0.2, 0.25) is 0 Å². The number of benzene rings is 1. The van der Waals surface area contributed by atoms with Crippen LogP contribution in [0.15, 0.2) is 51.6 Å². The minimum absolute atomic E-state index is 0.243. The van der Waals surface area contributed by atoms with Gasteiger partial charge >= 0.3 is 0 Å². The van der Waals surface area contributed by atoms with Crippen LogP contribution in [0, 0.1) is 5.82 Å². The molecule has 23 heavy (non-hydrogen) atoms. The molecule has 0 spiro atoms. The van der Waals surface area contributed by atoms with Crippen molar-refractivity contribution in [3.63, 3.8) is 0 Å². The Labute approximate surface area is 136 Å². The zero-order valence-corrected chi connectivity index (χ0v) is 12.9. The molecule has 0 aliphatic carbocycles. The molecule has 0 atom stereocenters. The molecule has 1 fully saturated rings. The summed E-state index contributed by atoms with van der Waals surface area (Å²) in [5, 5.41) is 4.20. The van der Waals surface area contributed by atoms with Crippen LogP contribution in [0.5, 0.6) is 0 Å². The lowest BCUT2D eigenvalue weighted by Gasteiger charge is -2.14. The quantitative estimate of drug-likeness (QED) is 0.466. The van der Waals surface area contributed by atoms with E-state index in [2.05, 4.69) is 15.0 Å². The van der Waals surface area contributed by atoms with E-state index in [9.17, 15) is 4.39 Å². The molecule has 0 bridgehead atoms. The van der Waals surface area contributed by atoms with Crippen LogP contribution >= 0.6 is 11.8 Å². The third-order valence-corrected chi connectivity index (χ3v) is 4.36. The molecule has 2 aromatic rings. The maximum atomic E-state index is 13.5.